The molecule has 3 aliphatic rings. The number of para-hydroxylation sites is 1. The number of piperidine rings is 1. The minimum absolute atomic E-state index is 0.0550. The summed E-state index contributed by atoms with van der Waals surface area (Å²) in [6.45, 7) is 4.84. The van der Waals surface area contributed by atoms with Gasteiger partial charge in [0.2, 0.25) is 5.91 Å². The van der Waals surface area contributed by atoms with Crippen molar-refractivity contribution in [1.82, 2.24) is 9.96 Å². The van der Waals surface area contributed by atoms with E-state index in [0.717, 1.165) is 36.4 Å². The Morgan fingerprint density at radius 2 is 2.00 bits per heavy atom. The topological polar surface area (TPSA) is 42.0 Å². The number of hydroxylamine groups is 2. The van der Waals surface area contributed by atoms with Crippen molar-refractivity contribution in [2.24, 2.45) is 5.92 Å². The lowest BCUT2D eigenvalue weighted by atomic mass is 9.79. The molecule has 0 bridgehead atoms. The highest BCUT2D eigenvalue weighted by molar-refractivity contribution is 5.82. The summed E-state index contributed by atoms with van der Waals surface area (Å²) < 4.78 is 6.17. The van der Waals surface area contributed by atoms with E-state index in [0.29, 0.717) is 0 Å². The number of rotatable bonds is 2. The third-order valence-corrected chi connectivity index (χ3v) is 6.55. The lowest BCUT2D eigenvalue weighted by Crippen LogP contribution is -2.54. The molecule has 2 fully saturated rings. The summed E-state index contributed by atoms with van der Waals surface area (Å²) in [6.07, 6.45) is 1.74. The van der Waals surface area contributed by atoms with E-state index in [2.05, 4.69) is 17.0 Å². The van der Waals surface area contributed by atoms with Crippen molar-refractivity contribution in [1.29, 1.82) is 0 Å². The van der Waals surface area contributed by atoms with Gasteiger partial charge in [-0.05, 0) is 61.6 Å². The van der Waals surface area contributed by atoms with Gasteiger partial charge in [0.15, 0.2) is 0 Å². The first-order valence-corrected chi connectivity index (χ1v) is 10.1. The van der Waals surface area contributed by atoms with Gasteiger partial charge in [-0.25, -0.2) is 0 Å². The normalized spacial score (nSPS) is 29.2. The van der Waals surface area contributed by atoms with Crippen LogP contribution in [-0.4, -0.2) is 41.6 Å². The number of benzene rings is 2. The molecule has 2 aromatic carbocycles. The predicted octanol–water partition coefficient (Wildman–Crippen LogP) is 3.87. The molecule has 5 heteroatoms. The fourth-order valence-corrected chi connectivity index (χ4v) is 5.08. The van der Waals surface area contributed by atoms with Crippen molar-refractivity contribution in [3.05, 3.63) is 59.2 Å². The molecular weight excluding hydrogens is 352 g/mol. The van der Waals surface area contributed by atoms with Crippen LogP contribution in [0.25, 0.3) is 0 Å². The molecule has 1 amide bonds. The predicted molar refractivity (Wildman–Crippen MR) is 106 cm³/mol. The summed E-state index contributed by atoms with van der Waals surface area (Å²) in [4.78, 5) is 21.1. The zero-order chi connectivity index (χ0) is 19.4. The Morgan fingerprint density at radius 3 is 2.82 bits per heavy atom. The van der Waals surface area contributed by atoms with E-state index in [9.17, 15) is 4.79 Å². The molecule has 2 saturated heterocycles. The Morgan fingerprint density at radius 1 is 1.18 bits per heavy atom. The van der Waals surface area contributed by atoms with Crippen molar-refractivity contribution >= 4 is 5.91 Å². The van der Waals surface area contributed by atoms with E-state index in [1.54, 1.807) is 0 Å². The molecule has 5 rings (SSSR count). The average molecular weight is 378 g/mol. The zero-order valence-corrected chi connectivity index (χ0v) is 16.6. The first kappa shape index (κ1) is 17.7. The number of hydrogen-bond acceptors (Lipinski definition) is 4. The lowest BCUT2D eigenvalue weighted by molar-refractivity contribution is -0.145. The highest BCUT2D eigenvalue weighted by Crippen LogP contribution is 2.45. The summed E-state index contributed by atoms with van der Waals surface area (Å²) in [5.74, 6) is 1.87. The highest BCUT2D eigenvalue weighted by atomic mass is 16.7. The van der Waals surface area contributed by atoms with E-state index in [4.69, 9.17) is 9.57 Å². The van der Waals surface area contributed by atoms with E-state index < -0.39 is 0 Å². The second-order valence-corrected chi connectivity index (χ2v) is 8.21. The molecular formula is C23H26N2O3. The van der Waals surface area contributed by atoms with E-state index in [1.807, 2.05) is 56.3 Å². The van der Waals surface area contributed by atoms with Crippen LogP contribution in [0.5, 0.6) is 11.5 Å². The van der Waals surface area contributed by atoms with Crippen LogP contribution in [0.4, 0.5) is 0 Å². The summed E-state index contributed by atoms with van der Waals surface area (Å²) in [7, 11) is 1.95. The number of fused-ring (bicyclic) bond motifs is 4. The highest BCUT2D eigenvalue weighted by Gasteiger charge is 2.52. The van der Waals surface area contributed by atoms with Crippen molar-refractivity contribution in [3.8, 4) is 11.5 Å². The number of hydrogen-bond donors (Lipinski definition) is 0. The minimum atomic E-state index is -0.0609. The van der Waals surface area contributed by atoms with Gasteiger partial charge in [0.25, 0.3) is 0 Å². The van der Waals surface area contributed by atoms with Crippen molar-refractivity contribution in [2.45, 2.75) is 44.9 Å². The summed E-state index contributed by atoms with van der Waals surface area (Å²) >= 11 is 0. The maximum Gasteiger partial charge on any atom is 0.230 e. The van der Waals surface area contributed by atoms with Gasteiger partial charge in [-0.2, -0.15) is 5.06 Å². The molecule has 0 saturated carbocycles. The van der Waals surface area contributed by atoms with Crippen LogP contribution < -0.4 is 4.74 Å². The van der Waals surface area contributed by atoms with Gasteiger partial charge in [-0.15, -0.1) is 0 Å². The van der Waals surface area contributed by atoms with Crippen LogP contribution in [0.15, 0.2) is 42.5 Å². The molecule has 4 atom stereocenters. The fraction of sp³-hybridized carbons (Fsp3) is 0.435. The van der Waals surface area contributed by atoms with Crippen LogP contribution in [0.3, 0.4) is 0 Å². The molecule has 3 aliphatic heterocycles. The number of amides is 1. The molecule has 0 unspecified atom stereocenters. The van der Waals surface area contributed by atoms with Crippen molar-refractivity contribution in [2.75, 3.05) is 13.6 Å². The smallest absolute Gasteiger partial charge is 0.230 e. The third kappa shape index (κ3) is 2.73. The quantitative estimate of drug-likeness (QED) is 0.796. The van der Waals surface area contributed by atoms with Gasteiger partial charge in [0.1, 0.15) is 11.5 Å². The SMILES string of the molecule is Cc1ccccc1Oc1ccc2c(c1)[C@@H]1C[C@H]3[C@@H](C(=O)N1CC2)[C@H](C)ON3C. The number of carbonyl (C=O) groups excluding carboxylic acids is 1. The molecule has 3 heterocycles. The largest absolute Gasteiger partial charge is 0.457 e. The van der Waals surface area contributed by atoms with Crippen LogP contribution in [0.1, 0.15) is 36.1 Å². The number of nitrogens with zero attached hydrogens (tertiary/aromatic N) is 2. The van der Waals surface area contributed by atoms with Crippen molar-refractivity contribution < 1.29 is 14.4 Å². The maximum atomic E-state index is 13.2. The molecule has 2 aromatic rings. The number of carbonyl (C=O) groups is 1. The van der Waals surface area contributed by atoms with Crippen LogP contribution >= 0.6 is 0 Å². The van der Waals surface area contributed by atoms with Gasteiger partial charge in [-0.3, -0.25) is 9.63 Å². The maximum absolute atomic E-state index is 13.2. The third-order valence-electron chi connectivity index (χ3n) is 6.55. The number of ether oxygens (including phenoxy) is 1. The molecule has 0 aliphatic carbocycles. The first-order valence-electron chi connectivity index (χ1n) is 10.1. The monoisotopic (exact) mass is 378 g/mol. The Hall–Kier alpha value is -2.37. The van der Waals surface area contributed by atoms with Gasteiger partial charge in [-0.1, -0.05) is 24.3 Å². The fourth-order valence-electron chi connectivity index (χ4n) is 5.08. The van der Waals surface area contributed by atoms with Crippen LogP contribution in [-0.2, 0) is 16.1 Å². The summed E-state index contributed by atoms with van der Waals surface area (Å²) in [6, 6.07) is 14.6. The molecule has 146 valence electrons. The van der Waals surface area contributed by atoms with E-state index in [1.165, 1.54) is 11.1 Å². The standard InChI is InChI=1S/C23H26N2O3/c1-14-6-4-5-7-21(14)27-17-9-8-16-10-11-25-19(18(16)12-17)13-20-22(23(25)26)15(2)28-24(20)3/h4-9,12,15,19-20,22H,10-11,13H2,1-3H3/t15-,19-,20-,22-/m0/s1. The van der Waals surface area contributed by atoms with Gasteiger partial charge in [0, 0.05) is 13.6 Å². The number of aryl methyl sites for hydroxylation is 1. The van der Waals surface area contributed by atoms with E-state index in [-0.39, 0.29) is 30.0 Å². The van der Waals surface area contributed by atoms with Crippen LogP contribution in [0, 0.1) is 12.8 Å². The lowest BCUT2D eigenvalue weighted by Gasteiger charge is -2.45. The molecule has 28 heavy (non-hydrogen) atoms. The van der Waals surface area contributed by atoms with Gasteiger partial charge in [0.05, 0.1) is 24.1 Å². The molecule has 0 radical (unpaired) electrons. The Kier molecular flexibility index (Phi) is 4.18. The first-order chi connectivity index (χ1) is 13.5. The Labute approximate surface area is 165 Å². The van der Waals surface area contributed by atoms with Crippen molar-refractivity contribution in [3.63, 3.8) is 0 Å². The Bertz CT molecular complexity index is 928. The van der Waals surface area contributed by atoms with E-state index >= 15 is 0 Å². The zero-order valence-electron chi connectivity index (χ0n) is 16.6. The van der Waals surface area contributed by atoms with Gasteiger partial charge < -0.3 is 9.64 Å². The summed E-state index contributed by atoms with van der Waals surface area (Å²) in [5.41, 5.74) is 3.65. The second kappa shape index (κ2) is 6.61. The molecule has 0 spiro atoms. The molecule has 5 nitrogen and oxygen atoms in total. The molecule has 0 aromatic heterocycles. The Balaban J connectivity index is 1.48. The second-order valence-electron chi connectivity index (χ2n) is 8.21. The van der Waals surface area contributed by atoms with Gasteiger partial charge >= 0.3 is 0 Å². The summed E-state index contributed by atoms with van der Waals surface area (Å²) in [5, 5.41) is 1.90. The average Bonchev–Trinajstić information content (AvgIpc) is 2.97. The minimum Gasteiger partial charge on any atom is -0.457 e. The van der Waals surface area contributed by atoms with Crippen LogP contribution in [0.2, 0.25) is 0 Å². The molecule has 0 N–H and O–H groups in total.